The molecule has 0 aliphatic carbocycles. The Balaban J connectivity index is 1.63. The molecule has 0 spiro atoms. The second-order valence-electron chi connectivity index (χ2n) is 7.56. The molecule has 1 aromatic carbocycles. The largest absolute Gasteiger partial charge is 0.341 e. The molecule has 0 radical (unpaired) electrons. The lowest BCUT2D eigenvalue weighted by molar-refractivity contribution is 0.0729. The lowest BCUT2D eigenvalue weighted by atomic mass is 9.99. The van der Waals surface area contributed by atoms with Crippen LogP contribution >= 0.6 is 11.6 Å². The van der Waals surface area contributed by atoms with Crippen molar-refractivity contribution in [2.45, 2.75) is 45.6 Å². The summed E-state index contributed by atoms with van der Waals surface area (Å²) in [4.78, 5) is 26.2. The summed E-state index contributed by atoms with van der Waals surface area (Å²) in [5.74, 6) is 0.519. The van der Waals surface area contributed by atoms with Crippen molar-refractivity contribution < 1.29 is 4.79 Å². The minimum Gasteiger partial charge on any atom is -0.341 e. The van der Waals surface area contributed by atoms with Crippen molar-refractivity contribution in [3.8, 4) is 0 Å². The maximum Gasteiger partial charge on any atom is 0.274 e. The number of benzene rings is 1. The zero-order valence-corrected chi connectivity index (χ0v) is 16.7. The first-order chi connectivity index (χ1) is 13.0. The van der Waals surface area contributed by atoms with Crippen LogP contribution in [0.4, 0.5) is 5.95 Å². The molecule has 2 fully saturated rings. The first-order valence-corrected chi connectivity index (χ1v) is 10.1. The zero-order chi connectivity index (χ0) is 19.0. The van der Waals surface area contributed by atoms with Gasteiger partial charge < -0.3 is 9.80 Å². The third kappa shape index (κ3) is 3.53. The van der Waals surface area contributed by atoms with E-state index in [9.17, 15) is 4.79 Å². The first-order valence-electron chi connectivity index (χ1n) is 9.70. The fourth-order valence-electron chi connectivity index (χ4n) is 4.04. The molecule has 2 aromatic rings. The highest BCUT2D eigenvalue weighted by molar-refractivity contribution is 6.33. The Morgan fingerprint density at radius 3 is 2.63 bits per heavy atom. The van der Waals surface area contributed by atoms with Crippen LogP contribution in [-0.2, 0) is 0 Å². The summed E-state index contributed by atoms with van der Waals surface area (Å²) in [6.07, 6.45) is 5.80. The van der Waals surface area contributed by atoms with Gasteiger partial charge in [0.05, 0.1) is 17.3 Å². The number of amides is 1. The minimum absolute atomic E-state index is 0.0815. The van der Waals surface area contributed by atoms with Crippen molar-refractivity contribution in [3.63, 3.8) is 0 Å². The normalized spacial score (nSPS) is 19.7. The molecule has 0 bridgehead atoms. The standard InChI is InChI=1S/C21H25ClN4O/c1-14-7-8-16(12-15(14)2)18-6-5-11-26(18)20(27)19-17(22)13-23-21(24-19)25-9-3-4-10-25/h7-8,12-13,18H,3-6,9-11H2,1-2H3. The average molecular weight is 385 g/mol. The molecule has 1 amide bonds. The number of hydrogen-bond donors (Lipinski definition) is 0. The van der Waals surface area contributed by atoms with Gasteiger partial charge >= 0.3 is 0 Å². The van der Waals surface area contributed by atoms with Gasteiger partial charge in [0.2, 0.25) is 5.95 Å². The van der Waals surface area contributed by atoms with Crippen molar-refractivity contribution in [1.82, 2.24) is 14.9 Å². The molecule has 4 rings (SSSR count). The van der Waals surface area contributed by atoms with Gasteiger partial charge in [-0.15, -0.1) is 0 Å². The third-order valence-electron chi connectivity index (χ3n) is 5.75. The smallest absolute Gasteiger partial charge is 0.274 e. The lowest BCUT2D eigenvalue weighted by Gasteiger charge is -2.26. The molecular formula is C21H25ClN4O. The predicted octanol–water partition coefficient (Wildman–Crippen LogP) is 4.32. The molecule has 5 nitrogen and oxygen atoms in total. The second-order valence-corrected chi connectivity index (χ2v) is 7.97. The van der Waals surface area contributed by atoms with Crippen LogP contribution in [0.2, 0.25) is 5.02 Å². The van der Waals surface area contributed by atoms with E-state index in [1.165, 1.54) is 16.7 Å². The predicted molar refractivity (Wildman–Crippen MR) is 107 cm³/mol. The van der Waals surface area contributed by atoms with Crippen molar-refractivity contribution in [3.05, 3.63) is 51.8 Å². The van der Waals surface area contributed by atoms with Crippen molar-refractivity contribution in [2.24, 2.45) is 0 Å². The van der Waals surface area contributed by atoms with Gasteiger partial charge in [-0.2, -0.15) is 0 Å². The molecule has 142 valence electrons. The van der Waals surface area contributed by atoms with Gasteiger partial charge in [-0.1, -0.05) is 29.8 Å². The molecule has 0 N–H and O–H groups in total. The maximum absolute atomic E-state index is 13.3. The van der Waals surface area contributed by atoms with Gasteiger partial charge in [0.1, 0.15) is 0 Å². The summed E-state index contributed by atoms with van der Waals surface area (Å²) in [5.41, 5.74) is 4.03. The van der Waals surface area contributed by atoms with E-state index in [0.717, 1.165) is 45.3 Å². The summed E-state index contributed by atoms with van der Waals surface area (Å²) in [7, 11) is 0. The van der Waals surface area contributed by atoms with Crippen LogP contribution in [0.3, 0.4) is 0 Å². The van der Waals surface area contributed by atoms with Crippen LogP contribution in [0.15, 0.2) is 24.4 Å². The van der Waals surface area contributed by atoms with E-state index >= 15 is 0 Å². The monoisotopic (exact) mass is 384 g/mol. The second kappa shape index (κ2) is 7.47. The number of carbonyl (C=O) groups excluding carboxylic acids is 1. The van der Waals surface area contributed by atoms with Crippen molar-refractivity contribution in [2.75, 3.05) is 24.5 Å². The zero-order valence-electron chi connectivity index (χ0n) is 15.9. The number of halogens is 1. The Bertz CT molecular complexity index is 863. The summed E-state index contributed by atoms with van der Waals surface area (Å²) < 4.78 is 0. The minimum atomic E-state index is -0.0939. The molecule has 2 aliphatic heterocycles. The molecule has 1 atom stereocenters. The molecule has 27 heavy (non-hydrogen) atoms. The topological polar surface area (TPSA) is 49.3 Å². The number of likely N-dealkylation sites (tertiary alicyclic amines) is 1. The van der Waals surface area contributed by atoms with E-state index in [1.54, 1.807) is 6.20 Å². The van der Waals surface area contributed by atoms with Crippen LogP contribution in [0, 0.1) is 13.8 Å². The molecule has 6 heteroatoms. The number of hydrogen-bond acceptors (Lipinski definition) is 4. The Labute approximate surface area is 165 Å². The fourth-order valence-corrected chi connectivity index (χ4v) is 4.21. The molecule has 1 aromatic heterocycles. The number of anilines is 1. The van der Waals surface area contributed by atoms with Crippen LogP contribution in [-0.4, -0.2) is 40.4 Å². The van der Waals surface area contributed by atoms with E-state index in [4.69, 9.17) is 11.6 Å². The Morgan fingerprint density at radius 2 is 1.89 bits per heavy atom. The highest BCUT2D eigenvalue weighted by atomic mass is 35.5. The Kier molecular flexibility index (Phi) is 5.04. The molecular weight excluding hydrogens is 360 g/mol. The van der Waals surface area contributed by atoms with E-state index in [-0.39, 0.29) is 11.9 Å². The SMILES string of the molecule is Cc1ccc(C2CCCN2C(=O)c2nc(N3CCCC3)ncc2Cl)cc1C. The van der Waals surface area contributed by atoms with Crippen LogP contribution in [0.5, 0.6) is 0 Å². The quantitative estimate of drug-likeness (QED) is 0.790. The first kappa shape index (κ1) is 18.2. The maximum atomic E-state index is 13.3. The number of nitrogens with zero attached hydrogens (tertiary/aromatic N) is 4. The third-order valence-corrected chi connectivity index (χ3v) is 6.03. The molecule has 2 aliphatic rings. The average Bonchev–Trinajstić information content (AvgIpc) is 3.35. The number of aromatic nitrogens is 2. The molecule has 1 unspecified atom stereocenters. The van der Waals surface area contributed by atoms with Gasteiger partial charge in [0, 0.05) is 19.6 Å². The van der Waals surface area contributed by atoms with Gasteiger partial charge in [0.15, 0.2) is 5.69 Å². The molecule has 0 saturated carbocycles. The van der Waals surface area contributed by atoms with E-state index < -0.39 is 0 Å². The van der Waals surface area contributed by atoms with Crippen LogP contribution in [0.1, 0.15) is 58.9 Å². The van der Waals surface area contributed by atoms with Gasteiger partial charge in [0.25, 0.3) is 5.91 Å². The summed E-state index contributed by atoms with van der Waals surface area (Å²) >= 11 is 6.32. The van der Waals surface area contributed by atoms with E-state index in [1.807, 2.05) is 4.90 Å². The van der Waals surface area contributed by atoms with Crippen molar-refractivity contribution in [1.29, 1.82) is 0 Å². The highest BCUT2D eigenvalue weighted by Gasteiger charge is 2.33. The molecule has 3 heterocycles. The number of rotatable bonds is 3. The van der Waals surface area contributed by atoms with Gasteiger partial charge in [-0.3, -0.25) is 4.79 Å². The van der Waals surface area contributed by atoms with Crippen LogP contribution in [0.25, 0.3) is 0 Å². The molecule has 2 saturated heterocycles. The summed E-state index contributed by atoms with van der Waals surface area (Å²) in [6, 6.07) is 6.55. The van der Waals surface area contributed by atoms with Gasteiger partial charge in [-0.25, -0.2) is 9.97 Å². The van der Waals surface area contributed by atoms with E-state index in [2.05, 4.69) is 46.9 Å². The fraction of sp³-hybridized carbons (Fsp3) is 0.476. The Hall–Kier alpha value is -2.14. The summed E-state index contributed by atoms with van der Waals surface area (Å²) in [5, 5.41) is 0.327. The van der Waals surface area contributed by atoms with Crippen molar-refractivity contribution >= 4 is 23.5 Å². The van der Waals surface area contributed by atoms with Gasteiger partial charge in [-0.05, 0) is 56.2 Å². The summed E-state index contributed by atoms with van der Waals surface area (Å²) in [6.45, 7) is 6.82. The lowest BCUT2D eigenvalue weighted by Crippen LogP contribution is -2.32. The van der Waals surface area contributed by atoms with E-state index in [0.29, 0.717) is 16.7 Å². The highest BCUT2D eigenvalue weighted by Crippen LogP contribution is 2.34. The van der Waals surface area contributed by atoms with Crippen LogP contribution < -0.4 is 4.90 Å². The number of aryl methyl sites for hydroxylation is 2. The number of carbonyl (C=O) groups is 1. The Morgan fingerprint density at radius 1 is 1.11 bits per heavy atom.